The molecule has 1 N–H and O–H groups in total. The number of imidazole rings is 1. The van der Waals surface area contributed by atoms with Crippen LogP contribution in [0.5, 0.6) is 11.5 Å². The van der Waals surface area contributed by atoms with Crippen molar-refractivity contribution < 1.29 is 33.1 Å². The average Bonchev–Trinajstić information content (AvgIpc) is 3.39. The van der Waals surface area contributed by atoms with E-state index in [1.807, 2.05) is 20.8 Å². The minimum atomic E-state index is -3.02. The highest BCUT2D eigenvalue weighted by Crippen LogP contribution is 2.36. The Bertz CT molecular complexity index is 1520. The molecule has 0 aliphatic rings. The van der Waals surface area contributed by atoms with E-state index in [0.29, 0.717) is 27.5 Å². The fourth-order valence-electron chi connectivity index (χ4n) is 3.57. The molecule has 2 aromatic carbocycles. The number of carboxylic acids is 1. The number of aromatic carboxylic acids is 1. The zero-order chi connectivity index (χ0) is 27.6. The van der Waals surface area contributed by atoms with Crippen molar-refractivity contribution >= 4 is 40.1 Å². The number of rotatable bonds is 9. The van der Waals surface area contributed by atoms with Gasteiger partial charge in [0, 0.05) is 29.5 Å². The summed E-state index contributed by atoms with van der Waals surface area (Å²) >= 11 is 0.960. The Hall–Kier alpha value is -4.32. The lowest BCUT2D eigenvalue weighted by Crippen LogP contribution is -2.18. The standard InChI is InChI=1S/C26H23F2N3O6S/c1-26(2,3)14-36-21-16(5-4-6-19(21)37-24(27)28)7-10-17-13-30-20(22(23(32)33)38-25(30)29-17)15-8-11-18(12-9-15)31(34)35/h4-13,24H,14H2,1-3H3,(H,32,33). The fraction of sp³-hybridized carbons (Fsp3) is 0.231. The Balaban J connectivity index is 1.72. The molecule has 2 aromatic heterocycles. The predicted octanol–water partition coefficient (Wildman–Crippen LogP) is 6.87. The lowest BCUT2D eigenvalue weighted by Gasteiger charge is -2.21. The molecule has 2 heterocycles. The summed E-state index contributed by atoms with van der Waals surface area (Å²) < 4.78 is 38.1. The number of ether oxygens (including phenoxy) is 2. The number of aromatic nitrogens is 2. The molecular formula is C26H23F2N3O6S. The van der Waals surface area contributed by atoms with Gasteiger partial charge in [0.1, 0.15) is 4.88 Å². The Morgan fingerprint density at radius 2 is 1.92 bits per heavy atom. The van der Waals surface area contributed by atoms with Gasteiger partial charge in [-0.25, -0.2) is 9.78 Å². The lowest BCUT2D eigenvalue weighted by atomic mass is 9.98. The number of nitro benzene ring substituents is 1. The van der Waals surface area contributed by atoms with Gasteiger partial charge in [0.25, 0.3) is 5.69 Å². The number of benzene rings is 2. The molecule has 9 nitrogen and oxygen atoms in total. The van der Waals surface area contributed by atoms with E-state index in [4.69, 9.17) is 4.74 Å². The van der Waals surface area contributed by atoms with Gasteiger partial charge in [0.2, 0.25) is 0 Å². The Labute approximate surface area is 219 Å². The third-order valence-electron chi connectivity index (χ3n) is 5.20. The number of hydrogen-bond acceptors (Lipinski definition) is 7. The van der Waals surface area contributed by atoms with Crippen molar-refractivity contribution in [2.24, 2.45) is 5.41 Å². The van der Waals surface area contributed by atoms with Gasteiger partial charge in [-0.05, 0) is 35.8 Å². The molecule has 0 atom stereocenters. The SMILES string of the molecule is CC(C)(C)COc1c(C=Cc2cn3c(-c4ccc([N+](=O)[O-])cc4)c(C(=O)O)sc3n2)cccc1OC(F)F. The summed E-state index contributed by atoms with van der Waals surface area (Å²) in [6.07, 6.45) is 4.92. The largest absolute Gasteiger partial charge is 0.489 e. The van der Waals surface area contributed by atoms with E-state index in [0.717, 1.165) is 11.3 Å². The van der Waals surface area contributed by atoms with E-state index in [9.17, 15) is 28.8 Å². The van der Waals surface area contributed by atoms with E-state index in [1.165, 1.54) is 30.3 Å². The third-order valence-corrected chi connectivity index (χ3v) is 6.24. The van der Waals surface area contributed by atoms with Crippen LogP contribution in [-0.4, -0.2) is 38.6 Å². The van der Waals surface area contributed by atoms with Crippen molar-refractivity contribution in [1.29, 1.82) is 0 Å². The van der Waals surface area contributed by atoms with Crippen molar-refractivity contribution in [3.63, 3.8) is 0 Å². The van der Waals surface area contributed by atoms with Gasteiger partial charge in [-0.2, -0.15) is 8.78 Å². The zero-order valence-corrected chi connectivity index (χ0v) is 21.4. The molecule has 0 aliphatic heterocycles. The van der Waals surface area contributed by atoms with Gasteiger partial charge in [0.15, 0.2) is 16.5 Å². The number of nitro groups is 1. The van der Waals surface area contributed by atoms with Gasteiger partial charge < -0.3 is 14.6 Å². The lowest BCUT2D eigenvalue weighted by molar-refractivity contribution is -0.384. The molecule has 198 valence electrons. The molecule has 0 spiro atoms. The number of non-ortho nitro benzene ring substituents is 1. The number of nitrogens with zero attached hydrogens (tertiary/aromatic N) is 3. The van der Waals surface area contributed by atoms with E-state index in [1.54, 1.807) is 34.9 Å². The molecule has 0 aliphatic carbocycles. The minimum Gasteiger partial charge on any atom is -0.489 e. The van der Waals surface area contributed by atoms with Crippen LogP contribution in [0.4, 0.5) is 14.5 Å². The van der Waals surface area contributed by atoms with Gasteiger partial charge in [-0.3, -0.25) is 14.5 Å². The number of halogens is 2. The molecule has 0 unspecified atom stereocenters. The Morgan fingerprint density at radius 1 is 1.21 bits per heavy atom. The van der Waals surface area contributed by atoms with Crippen LogP contribution in [-0.2, 0) is 0 Å². The summed E-state index contributed by atoms with van der Waals surface area (Å²) in [5.74, 6) is -1.08. The molecule has 4 aromatic rings. The van der Waals surface area contributed by atoms with Gasteiger partial charge in [-0.1, -0.05) is 44.2 Å². The molecule has 38 heavy (non-hydrogen) atoms. The second kappa shape index (κ2) is 10.6. The summed E-state index contributed by atoms with van der Waals surface area (Å²) in [4.78, 5) is 27.3. The van der Waals surface area contributed by atoms with E-state index >= 15 is 0 Å². The van der Waals surface area contributed by atoms with E-state index in [-0.39, 0.29) is 34.1 Å². The van der Waals surface area contributed by atoms with Crippen LogP contribution in [0.3, 0.4) is 0 Å². The Morgan fingerprint density at radius 3 is 2.53 bits per heavy atom. The van der Waals surface area contributed by atoms with Crippen molar-refractivity contribution in [3.05, 3.63) is 74.9 Å². The highest BCUT2D eigenvalue weighted by Gasteiger charge is 2.22. The number of para-hydroxylation sites is 1. The van der Waals surface area contributed by atoms with Gasteiger partial charge >= 0.3 is 12.6 Å². The first-order valence-electron chi connectivity index (χ1n) is 11.3. The molecule has 0 amide bonds. The van der Waals surface area contributed by atoms with Crippen molar-refractivity contribution in [1.82, 2.24) is 9.38 Å². The molecule has 0 saturated heterocycles. The number of alkyl halides is 2. The average molecular weight is 544 g/mol. The van der Waals surface area contributed by atoms with E-state index < -0.39 is 17.5 Å². The zero-order valence-electron chi connectivity index (χ0n) is 20.6. The number of carboxylic acid groups (broad SMARTS) is 1. The number of hydrogen-bond donors (Lipinski definition) is 1. The van der Waals surface area contributed by atoms with Crippen molar-refractivity contribution in [3.8, 4) is 22.8 Å². The molecule has 0 radical (unpaired) electrons. The highest BCUT2D eigenvalue weighted by atomic mass is 32.1. The monoisotopic (exact) mass is 543 g/mol. The first-order valence-corrected chi connectivity index (χ1v) is 12.1. The normalized spacial score (nSPS) is 11.9. The smallest absolute Gasteiger partial charge is 0.387 e. The molecular weight excluding hydrogens is 520 g/mol. The molecule has 12 heteroatoms. The van der Waals surface area contributed by atoms with Crippen LogP contribution in [0.15, 0.2) is 48.7 Å². The quantitative estimate of drug-likeness (QED) is 0.181. The van der Waals surface area contributed by atoms with Gasteiger partial charge in [-0.15, -0.1) is 0 Å². The van der Waals surface area contributed by atoms with Crippen LogP contribution in [0.2, 0.25) is 0 Å². The third kappa shape index (κ3) is 5.97. The maximum Gasteiger partial charge on any atom is 0.387 e. The second-order valence-electron chi connectivity index (χ2n) is 9.44. The molecule has 4 rings (SSSR count). The minimum absolute atomic E-state index is 0.0339. The molecule has 0 saturated carbocycles. The fourth-order valence-corrected chi connectivity index (χ4v) is 4.55. The van der Waals surface area contributed by atoms with Crippen LogP contribution < -0.4 is 9.47 Å². The van der Waals surface area contributed by atoms with Crippen LogP contribution in [0, 0.1) is 15.5 Å². The second-order valence-corrected chi connectivity index (χ2v) is 10.4. The number of carbonyl (C=O) groups is 1. The number of thiazole rings is 1. The Kier molecular flexibility index (Phi) is 7.44. The maximum absolute atomic E-state index is 13.0. The van der Waals surface area contributed by atoms with Gasteiger partial charge in [0.05, 0.1) is 22.9 Å². The first kappa shape index (κ1) is 26.7. The van der Waals surface area contributed by atoms with E-state index in [2.05, 4.69) is 9.72 Å². The maximum atomic E-state index is 13.0. The summed E-state index contributed by atoms with van der Waals surface area (Å²) in [6.45, 7) is 3.08. The van der Waals surface area contributed by atoms with Crippen LogP contribution in [0.1, 0.15) is 41.7 Å². The first-order chi connectivity index (χ1) is 17.9. The van der Waals surface area contributed by atoms with Crippen molar-refractivity contribution in [2.45, 2.75) is 27.4 Å². The van der Waals surface area contributed by atoms with Crippen LogP contribution in [0.25, 0.3) is 28.4 Å². The predicted molar refractivity (Wildman–Crippen MR) is 139 cm³/mol. The topological polar surface area (TPSA) is 116 Å². The highest BCUT2D eigenvalue weighted by molar-refractivity contribution is 7.19. The summed E-state index contributed by atoms with van der Waals surface area (Å²) in [5.41, 5.74) is 1.42. The summed E-state index contributed by atoms with van der Waals surface area (Å²) in [7, 11) is 0. The van der Waals surface area contributed by atoms with Crippen LogP contribution >= 0.6 is 11.3 Å². The molecule has 0 bridgehead atoms. The summed E-state index contributed by atoms with van der Waals surface area (Å²) in [6, 6.07) is 10.2. The summed E-state index contributed by atoms with van der Waals surface area (Å²) in [5, 5.41) is 20.7. The van der Waals surface area contributed by atoms with Crippen molar-refractivity contribution in [2.75, 3.05) is 6.61 Å². The molecule has 0 fully saturated rings. The number of fused-ring (bicyclic) bond motifs is 1.